The molecule has 0 aliphatic carbocycles. The summed E-state index contributed by atoms with van der Waals surface area (Å²) in [7, 11) is 0. The van der Waals surface area contributed by atoms with E-state index in [0.29, 0.717) is 27.3 Å². The molecule has 2 aromatic rings. The van der Waals surface area contributed by atoms with E-state index in [1.54, 1.807) is 12.3 Å². The second-order valence-electron chi connectivity index (χ2n) is 4.67. The fourth-order valence-electron chi connectivity index (χ4n) is 2.19. The smallest absolute Gasteiger partial charge is 0.270 e. The molecule has 23 heavy (non-hydrogen) atoms. The first-order valence-corrected chi connectivity index (χ1v) is 8.34. The van der Waals surface area contributed by atoms with Crippen LogP contribution in [0, 0.1) is 0 Å². The molecular weight excluding hydrogens is 328 g/mol. The Hall–Kier alpha value is -2.18. The molecular formula is C17H14N2O2S2. The van der Waals surface area contributed by atoms with Crippen molar-refractivity contribution in [2.24, 2.45) is 0 Å². The Kier molecular flexibility index (Phi) is 4.73. The number of nitrogens with zero attached hydrogens (tertiary/aromatic N) is 2. The summed E-state index contributed by atoms with van der Waals surface area (Å²) in [4.78, 5) is 19.0. The van der Waals surface area contributed by atoms with Crippen molar-refractivity contribution in [3.63, 3.8) is 0 Å². The predicted octanol–water partition coefficient (Wildman–Crippen LogP) is 3.89. The van der Waals surface area contributed by atoms with Crippen molar-refractivity contribution in [1.29, 1.82) is 0 Å². The Morgan fingerprint density at radius 1 is 1.26 bits per heavy atom. The Morgan fingerprint density at radius 2 is 2.04 bits per heavy atom. The van der Waals surface area contributed by atoms with Crippen LogP contribution in [0.5, 0.6) is 5.75 Å². The van der Waals surface area contributed by atoms with Crippen LogP contribution in [-0.4, -0.2) is 21.8 Å². The summed E-state index contributed by atoms with van der Waals surface area (Å²) < 4.78 is 6.10. The van der Waals surface area contributed by atoms with E-state index in [2.05, 4.69) is 4.98 Å². The highest BCUT2D eigenvalue weighted by atomic mass is 32.2. The number of carbonyl (C=O) groups excluding carboxylic acids is 1. The first kappa shape index (κ1) is 15.7. The van der Waals surface area contributed by atoms with Crippen molar-refractivity contribution < 1.29 is 9.53 Å². The summed E-state index contributed by atoms with van der Waals surface area (Å²) in [6.45, 7) is 2.43. The second kappa shape index (κ2) is 6.93. The average molecular weight is 342 g/mol. The summed E-state index contributed by atoms with van der Waals surface area (Å²) in [5.74, 6) is 0.489. The summed E-state index contributed by atoms with van der Waals surface area (Å²) in [6.07, 6.45) is 3.44. The molecule has 0 radical (unpaired) electrons. The van der Waals surface area contributed by atoms with Gasteiger partial charge in [0.2, 0.25) is 0 Å². The molecule has 0 spiro atoms. The molecule has 1 amide bonds. The molecule has 1 saturated heterocycles. The quantitative estimate of drug-likeness (QED) is 0.623. The number of pyridine rings is 1. The van der Waals surface area contributed by atoms with Crippen molar-refractivity contribution in [2.75, 3.05) is 11.5 Å². The average Bonchev–Trinajstić information content (AvgIpc) is 2.83. The van der Waals surface area contributed by atoms with Gasteiger partial charge in [-0.2, -0.15) is 0 Å². The number of rotatable bonds is 4. The summed E-state index contributed by atoms with van der Waals surface area (Å²) in [5.41, 5.74) is 1.40. The molecule has 0 saturated carbocycles. The molecule has 0 atom stereocenters. The molecule has 1 aliphatic rings. The number of benzene rings is 1. The fraction of sp³-hybridized carbons (Fsp3) is 0.118. The number of ether oxygens (including phenoxy) is 1. The van der Waals surface area contributed by atoms with Crippen LogP contribution in [0.15, 0.2) is 53.6 Å². The van der Waals surface area contributed by atoms with Crippen LogP contribution >= 0.6 is 24.0 Å². The van der Waals surface area contributed by atoms with E-state index in [1.165, 1.54) is 16.7 Å². The van der Waals surface area contributed by atoms with Gasteiger partial charge in [-0.05, 0) is 37.3 Å². The molecule has 0 bridgehead atoms. The van der Waals surface area contributed by atoms with E-state index in [0.717, 1.165) is 5.69 Å². The van der Waals surface area contributed by atoms with Crippen molar-refractivity contribution in [3.05, 3.63) is 59.3 Å². The summed E-state index contributed by atoms with van der Waals surface area (Å²) in [5, 5.41) is 0. The third-order valence-electron chi connectivity index (χ3n) is 3.17. The third kappa shape index (κ3) is 3.28. The maximum absolute atomic E-state index is 12.7. The Labute approximate surface area is 144 Å². The summed E-state index contributed by atoms with van der Waals surface area (Å²) >= 11 is 6.66. The minimum atomic E-state index is -0.155. The van der Waals surface area contributed by atoms with Crippen molar-refractivity contribution in [3.8, 4) is 5.75 Å². The van der Waals surface area contributed by atoms with Crippen molar-refractivity contribution in [2.45, 2.75) is 6.92 Å². The standard InChI is InChI=1S/C17H14N2O2S2/c1-2-21-14-9-4-3-8-13(14)19-16(20)15(23-17(19)22)11-12-7-5-6-10-18-12/h3-11H,2H2,1H3. The van der Waals surface area contributed by atoms with Gasteiger partial charge in [0.15, 0.2) is 4.32 Å². The minimum Gasteiger partial charge on any atom is -0.492 e. The number of para-hydroxylation sites is 2. The molecule has 3 rings (SSSR count). The fourth-order valence-corrected chi connectivity index (χ4v) is 3.46. The maximum Gasteiger partial charge on any atom is 0.270 e. The van der Waals surface area contributed by atoms with Gasteiger partial charge in [0, 0.05) is 6.20 Å². The Bertz CT molecular complexity index is 775. The van der Waals surface area contributed by atoms with Crippen LogP contribution in [0.1, 0.15) is 12.6 Å². The van der Waals surface area contributed by atoms with Crippen LogP contribution in [0.25, 0.3) is 6.08 Å². The van der Waals surface area contributed by atoms with E-state index >= 15 is 0 Å². The van der Waals surface area contributed by atoms with Gasteiger partial charge in [-0.1, -0.05) is 42.2 Å². The van der Waals surface area contributed by atoms with E-state index in [-0.39, 0.29) is 5.91 Å². The van der Waals surface area contributed by atoms with Crippen molar-refractivity contribution in [1.82, 2.24) is 4.98 Å². The molecule has 1 aliphatic heterocycles. The number of aromatic nitrogens is 1. The SMILES string of the molecule is CCOc1ccccc1N1C(=O)C(=Cc2ccccn2)SC1=S. The molecule has 1 aromatic heterocycles. The van der Waals surface area contributed by atoms with Crippen LogP contribution in [0.3, 0.4) is 0 Å². The van der Waals surface area contributed by atoms with Crippen LogP contribution < -0.4 is 9.64 Å². The molecule has 4 nitrogen and oxygen atoms in total. The lowest BCUT2D eigenvalue weighted by molar-refractivity contribution is -0.113. The zero-order valence-electron chi connectivity index (χ0n) is 12.4. The highest BCUT2D eigenvalue weighted by molar-refractivity contribution is 8.27. The third-order valence-corrected chi connectivity index (χ3v) is 4.47. The first-order valence-electron chi connectivity index (χ1n) is 7.11. The lowest BCUT2D eigenvalue weighted by Crippen LogP contribution is -2.28. The number of hydrogen-bond acceptors (Lipinski definition) is 5. The Morgan fingerprint density at radius 3 is 2.78 bits per heavy atom. The largest absolute Gasteiger partial charge is 0.492 e. The summed E-state index contributed by atoms with van der Waals surface area (Å²) in [6, 6.07) is 13.0. The lowest BCUT2D eigenvalue weighted by atomic mass is 10.2. The lowest BCUT2D eigenvalue weighted by Gasteiger charge is -2.18. The van der Waals surface area contributed by atoms with Crippen LogP contribution in [0.2, 0.25) is 0 Å². The van der Waals surface area contributed by atoms with Gasteiger partial charge in [-0.3, -0.25) is 14.7 Å². The normalized spacial score (nSPS) is 16.2. The van der Waals surface area contributed by atoms with E-state index < -0.39 is 0 Å². The number of anilines is 1. The van der Waals surface area contributed by atoms with Gasteiger partial charge in [-0.15, -0.1) is 0 Å². The molecule has 1 fully saturated rings. The molecule has 6 heteroatoms. The highest BCUT2D eigenvalue weighted by Gasteiger charge is 2.34. The number of amides is 1. The van der Waals surface area contributed by atoms with Gasteiger partial charge in [-0.25, -0.2) is 0 Å². The number of thiocarbonyl (C=S) groups is 1. The van der Waals surface area contributed by atoms with Crippen LogP contribution in [0.4, 0.5) is 5.69 Å². The van der Waals surface area contributed by atoms with Crippen molar-refractivity contribution >= 4 is 46.0 Å². The topological polar surface area (TPSA) is 42.4 Å². The van der Waals surface area contributed by atoms with Gasteiger partial charge < -0.3 is 4.74 Å². The maximum atomic E-state index is 12.7. The van der Waals surface area contributed by atoms with Gasteiger partial charge in [0.25, 0.3) is 5.91 Å². The van der Waals surface area contributed by atoms with E-state index in [4.69, 9.17) is 17.0 Å². The number of hydrogen-bond donors (Lipinski definition) is 0. The molecule has 2 heterocycles. The van der Waals surface area contributed by atoms with Crippen LogP contribution in [-0.2, 0) is 4.79 Å². The number of thioether (sulfide) groups is 1. The van der Waals surface area contributed by atoms with E-state index in [9.17, 15) is 4.79 Å². The van der Waals surface area contributed by atoms with Gasteiger partial charge in [0.1, 0.15) is 5.75 Å². The monoisotopic (exact) mass is 342 g/mol. The second-order valence-corrected chi connectivity index (χ2v) is 6.35. The van der Waals surface area contributed by atoms with Gasteiger partial charge >= 0.3 is 0 Å². The highest BCUT2D eigenvalue weighted by Crippen LogP contribution is 2.39. The molecule has 1 aromatic carbocycles. The molecule has 0 unspecified atom stereocenters. The zero-order valence-corrected chi connectivity index (χ0v) is 14.1. The van der Waals surface area contributed by atoms with Gasteiger partial charge in [0.05, 0.1) is 22.9 Å². The van der Waals surface area contributed by atoms with E-state index in [1.807, 2.05) is 49.4 Å². The predicted molar refractivity (Wildman–Crippen MR) is 97.5 cm³/mol. The zero-order chi connectivity index (χ0) is 16.2. The molecule has 0 N–H and O–H groups in total. The first-order chi connectivity index (χ1) is 11.2. The number of carbonyl (C=O) groups is 1. The Balaban J connectivity index is 1.95. The molecule has 116 valence electrons. The minimum absolute atomic E-state index is 0.155.